The van der Waals surface area contributed by atoms with E-state index >= 15 is 0 Å². The first kappa shape index (κ1) is 14.3. The lowest BCUT2D eigenvalue weighted by atomic mass is 10.0. The predicted octanol–water partition coefficient (Wildman–Crippen LogP) is 3.51. The van der Waals surface area contributed by atoms with Crippen LogP contribution in [0.5, 0.6) is 5.75 Å². The van der Waals surface area contributed by atoms with Crippen LogP contribution in [0.4, 0.5) is 8.78 Å². The second-order valence-electron chi connectivity index (χ2n) is 6.11. The van der Waals surface area contributed by atoms with Gasteiger partial charge in [0.1, 0.15) is 5.75 Å². The predicted molar refractivity (Wildman–Crippen MR) is 74.0 cm³/mol. The molecular formula is C16H19F2NO2. The summed E-state index contributed by atoms with van der Waals surface area (Å²) in [7, 11) is 0. The van der Waals surface area contributed by atoms with E-state index in [0.717, 1.165) is 30.2 Å². The number of ether oxygens (including phenoxy) is 1. The zero-order valence-electron chi connectivity index (χ0n) is 11.9. The molecule has 1 aromatic carbocycles. The Labute approximate surface area is 122 Å². The minimum Gasteiger partial charge on any atom is -0.435 e. The van der Waals surface area contributed by atoms with Gasteiger partial charge in [-0.15, -0.1) is 0 Å². The van der Waals surface area contributed by atoms with E-state index < -0.39 is 6.61 Å². The molecule has 3 rings (SSSR count). The first-order valence-corrected chi connectivity index (χ1v) is 7.38. The second kappa shape index (κ2) is 5.62. The molecule has 0 spiro atoms. The van der Waals surface area contributed by atoms with Gasteiger partial charge < -0.3 is 10.1 Å². The van der Waals surface area contributed by atoms with E-state index in [4.69, 9.17) is 0 Å². The van der Waals surface area contributed by atoms with Gasteiger partial charge in [0.25, 0.3) is 0 Å². The zero-order valence-corrected chi connectivity index (χ0v) is 11.9. The highest BCUT2D eigenvalue weighted by molar-refractivity contribution is 5.79. The van der Waals surface area contributed by atoms with Gasteiger partial charge >= 0.3 is 6.61 Å². The van der Waals surface area contributed by atoms with Crippen molar-refractivity contribution in [3.05, 3.63) is 29.8 Å². The Morgan fingerprint density at radius 1 is 1.29 bits per heavy atom. The summed E-state index contributed by atoms with van der Waals surface area (Å²) in [6.07, 6.45) is 3.28. The van der Waals surface area contributed by atoms with Crippen LogP contribution in [0.1, 0.15) is 37.8 Å². The molecular weight excluding hydrogens is 276 g/mol. The van der Waals surface area contributed by atoms with Crippen molar-refractivity contribution < 1.29 is 18.3 Å². The Hall–Kier alpha value is -1.65. The van der Waals surface area contributed by atoms with E-state index in [1.165, 1.54) is 12.5 Å². The van der Waals surface area contributed by atoms with Gasteiger partial charge in [-0.05, 0) is 55.7 Å². The van der Waals surface area contributed by atoms with E-state index in [2.05, 4.69) is 10.1 Å². The molecule has 3 atom stereocenters. The quantitative estimate of drug-likeness (QED) is 0.902. The van der Waals surface area contributed by atoms with Gasteiger partial charge in [-0.2, -0.15) is 8.78 Å². The Bertz CT molecular complexity index is 525. The molecule has 114 valence electrons. The van der Waals surface area contributed by atoms with Crippen molar-refractivity contribution in [1.29, 1.82) is 0 Å². The third-order valence-corrected chi connectivity index (χ3v) is 4.56. The van der Waals surface area contributed by atoms with Crippen molar-refractivity contribution in [2.24, 2.45) is 17.8 Å². The van der Waals surface area contributed by atoms with Crippen LogP contribution in [0.25, 0.3) is 0 Å². The smallest absolute Gasteiger partial charge is 0.387 e. The van der Waals surface area contributed by atoms with E-state index in [-0.39, 0.29) is 23.6 Å². The fraction of sp³-hybridized carbons (Fsp3) is 0.562. The first-order chi connectivity index (χ1) is 10.0. The molecule has 3 nitrogen and oxygen atoms in total. The van der Waals surface area contributed by atoms with Crippen molar-refractivity contribution in [2.45, 2.75) is 38.8 Å². The number of carbonyl (C=O) groups excluding carboxylic acids is 1. The van der Waals surface area contributed by atoms with Crippen LogP contribution in [0.3, 0.4) is 0 Å². The van der Waals surface area contributed by atoms with Crippen LogP contribution < -0.4 is 10.1 Å². The molecule has 0 bridgehead atoms. The van der Waals surface area contributed by atoms with Crippen molar-refractivity contribution in [1.82, 2.24) is 5.32 Å². The fourth-order valence-corrected chi connectivity index (χ4v) is 3.30. The van der Waals surface area contributed by atoms with Crippen molar-refractivity contribution in [3.8, 4) is 5.75 Å². The molecule has 2 aliphatic carbocycles. The van der Waals surface area contributed by atoms with Gasteiger partial charge in [-0.1, -0.05) is 12.1 Å². The van der Waals surface area contributed by atoms with Gasteiger partial charge in [0, 0.05) is 5.92 Å². The third kappa shape index (κ3) is 3.34. The summed E-state index contributed by atoms with van der Waals surface area (Å²) in [5, 5.41) is 2.98. The monoisotopic (exact) mass is 295 g/mol. The molecule has 2 saturated carbocycles. The molecule has 5 heteroatoms. The van der Waals surface area contributed by atoms with Crippen molar-refractivity contribution in [2.75, 3.05) is 0 Å². The molecule has 3 unspecified atom stereocenters. The minimum atomic E-state index is -2.84. The highest BCUT2D eigenvalue weighted by atomic mass is 19.3. The standard InChI is InChI=1S/C16H19F2NO2/c1-9(10-3-2-4-14(8-10)21-16(17)18)19-15(20)13-6-11-5-12(11)7-13/h2-4,8-9,11-13,16H,5-7H2,1H3,(H,19,20). The molecule has 0 aliphatic heterocycles. The van der Waals surface area contributed by atoms with Crippen LogP contribution in [0, 0.1) is 17.8 Å². The number of amides is 1. The number of rotatable bonds is 5. The van der Waals surface area contributed by atoms with Gasteiger partial charge in [0.05, 0.1) is 6.04 Å². The molecule has 1 aromatic rings. The summed E-state index contributed by atoms with van der Waals surface area (Å²) < 4.78 is 28.8. The van der Waals surface area contributed by atoms with Gasteiger partial charge in [-0.3, -0.25) is 4.79 Å². The number of nitrogens with one attached hydrogen (secondary N) is 1. The summed E-state index contributed by atoms with van der Waals surface area (Å²) in [6.45, 7) is -0.981. The molecule has 2 fully saturated rings. The highest BCUT2D eigenvalue weighted by Crippen LogP contribution is 2.54. The third-order valence-electron chi connectivity index (χ3n) is 4.56. The molecule has 0 heterocycles. The maximum Gasteiger partial charge on any atom is 0.387 e. The molecule has 2 aliphatic rings. The van der Waals surface area contributed by atoms with Crippen molar-refractivity contribution in [3.63, 3.8) is 0 Å². The van der Waals surface area contributed by atoms with E-state index in [9.17, 15) is 13.6 Å². The fourth-order valence-electron chi connectivity index (χ4n) is 3.30. The summed E-state index contributed by atoms with van der Waals surface area (Å²) in [6, 6.07) is 6.27. The second-order valence-corrected chi connectivity index (χ2v) is 6.11. The summed E-state index contributed by atoms with van der Waals surface area (Å²) in [4.78, 5) is 12.2. The van der Waals surface area contributed by atoms with E-state index in [1.54, 1.807) is 18.2 Å². The van der Waals surface area contributed by atoms with Crippen LogP contribution in [0.2, 0.25) is 0 Å². The number of hydrogen-bond acceptors (Lipinski definition) is 2. The summed E-state index contributed by atoms with van der Waals surface area (Å²) in [5.41, 5.74) is 0.768. The average Bonchev–Trinajstić information content (AvgIpc) is 3.04. The first-order valence-electron chi connectivity index (χ1n) is 7.38. The Kier molecular flexibility index (Phi) is 3.83. The maximum absolute atomic E-state index is 12.2. The number of carbonyl (C=O) groups is 1. The summed E-state index contributed by atoms with van der Waals surface area (Å²) in [5.74, 6) is 1.84. The van der Waals surface area contributed by atoms with Crippen LogP contribution in [-0.4, -0.2) is 12.5 Å². The molecule has 1 amide bonds. The number of fused-ring (bicyclic) bond motifs is 1. The normalized spacial score (nSPS) is 28.1. The van der Waals surface area contributed by atoms with Crippen molar-refractivity contribution >= 4 is 5.91 Å². The number of halogens is 2. The Morgan fingerprint density at radius 2 is 2.00 bits per heavy atom. The lowest BCUT2D eigenvalue weighted by Crippen LogP contribution is -2.32. The van der Waals surface area contributed by atoms with Crippen LogP contribution in [0.15, 0.2) is 24.3 Å². The van der Waals surface area contributed by atoms with Gasteiger partial charge in [-0.25, -0.2) is 0 Å². The number of alkyl halides is 2. The van der Waals surface area contributed by atoms with E-state index in [1.807, 2.05) is 6.92 Å². The Morgan fingerprint density at radius 3 is 2.67 bits per heavy atom. The minimum absolute atomic E-state index is 0.0786. The lowest BCUT2D eigenvalue weighted by Gasteiger charge is -2.19. The molecule has 21 heavy (non-hydrogen) atoms. The van der Waals surface area contributed by atoms with Gasteiger partial charge in [0.2, 0.25) is 5.91 Å². The van der Waals surface area contributed by atoms with Crippen LogP contribution >= 0.6 is 0 Å². The zero-order chi connectivity index (χ0) is 15.0. The SMILES string of the molecule is CC(NC(=O)C1CC2CC2C1)c1cccc(OC(F)F)c1. The van der Waals surface area contributed by atoms with Gasteiger partial charge in [0.15, 0.2) is 0 Å². The number of benzene rings is 1. The van der Waals surface area contributed by atoms with E-state index in [0.29, 0.717) is 0 Å². The summed E-state index contributed by atoms with van der Waals surface area (Å²) >= 11 is 0. The Balaban J connectivity index is 1.59. The molecule has 0 saturated heterocycles. The molecule has 1 N–H and O–H groups in total. The van der Waals surface area contributed by atoms with Crippen LogP contribution in [-0.2, 0) is 4.79 Å². The molecule has 0 aromatic heterocycles. The highest BCUT2D eigenvalue weighted by Gasteiger charge is 2.48. The largest absolute Gasteiger partial charge is 0.435 e. The maximum atomic E-state index is 12.2. The number of hydrogen-bond donors (Lipinski definition) is 1. The molecule has 0 radical (unpaired) electrons. The average molecular weight is 295 g/mol. The lowest BCUT2D eigenvalue weighted by molar-refractivity contribution is -0.125. The topological polar surface area (TPSA) is 38.3 Å².